The van der Waals surface area contributed by atoms with E-state index in [0.29, 0.717) is 0 Å². The minimum absolute atomic E-state index is 0.00659. The van der Waals surface area contributed by atoms with Crippen molar-refractivity contribution in [2.45, 2.75) is 16.8 Å². The van der Waals surface area contributed by atoms with Crippen LogP contribution < -0.4 is 0 Å². The Bertz CT molecular complexity index is 1490. The number of hydrogen-bond acceptors (Lipinski definition) is 5. The van der Waals surface area contributed by atoms with Crippen molar-refractivity contribution in [1.82, 2.24) is 9.38 Å². The second kappa shape index (κ2) is 8.16. The van der Waals surface area contributed by atoms with E-state index in [-0.39, 0.29) is 32.4 Å². The maximum absolute atomic E-state index is 13.2. The van der Waals surface area contributed by atoms with Crippen LogP contribution >= 0.6 is 11.6 Å². The maximum atomic E-state index is 13.2. The number of halogens is 4. The van der Waals surface area contributed by atoms with E-state index >= 15 is 0 Å². The molecule has 12 heteroatoms. The van der Waals surface area contributed by atoms with Crippen molar-refractivity contribution in [1.29, 1.82) is 0 Å². The molecule has 0 spiro atoms. The van der Waals surface area contributed by atoms with Gasteiger partial charge in [-0.3, -0.25) is 0 Å². The topological polar surface area (TPSA) is 94.6 Å². The van der Waals surface area contributed by atoms with Crippen LogP contribution in [-0.4, -0.2) is 22.7 Å². The number of sulfone groups is 1. The quantitative estimate of drug-likeness (QED) is 0.267. The molecule has 0 N–H and O–H groups in total. The molecule has 0 aliphatic rings. The van der Waals surface area contributed by atoms with Gasteiger partial charge in [-0.2, -0.15) is 17.6 Å². The van der Waals surface area contributed by atoms with E-state index < -0.39 is 38.1 Å². The summed E-state index contributed by atoms with van der Waals surface area (Å²) in [7, 11) is -3.99. The molecule has 170 valence electrons. The van der Waals surface area contributed by atoms with Crippen LogP contribution in [0.4, 0.5) is 19.0 Å². The number of imidazole rings is 1. The molecule has 4 rings (SSSR count). The first-order valence-corrected chi connectivity index (χ1v) is 11.3. The Morgan fingerprint density at radius 3 is 2.39 bits per heavy atom. The first-order valence-electron chi connectivity index (χ1n) is 9.28. The molecule has 0 aliphatic heterocycles. The van der Waals surface area contributed by atoms with Crippen LogP contribution in [0.15, 0.2) is 71.8 Å². The molecule has 2 heterocycles. The zero-order chi connectivity index (χ0) is 24.0. The van der Waals surface area contributed by atoms with Gasteiger partial charge in [-0.1, -0.05) is 41.9 Å². The second-order valence-electron chi connectivity index (χ2n) is 7.06. The summed E-state index contributed by atoms with van der Waals surface area (Å²) in [5.41, 5.74) is -1.23. The normalized spacial score (nSPS) is 12.2. The van der Waals surface area contributed by atoms with Gasteiger partial charge in [-0.25, -0.2) is 13.4 Å². The molecule has 0 atom stereocenters. The number of alkyl halides is 3. The third kappa shape index (κ3) is 4.41. The van der Waals surface area contributed by atoms with Gasteiger partial charge in [0.1, 0.15) is 11.9 Å². The average Bonchev–Trinajstić information content (AvgIpc) is 3.10. The molecule has 4 aromatic rings. The molecule has 0 aliphatic carbocycles. The van der Waals surface area contributed by atoms with Crippen molar-refractivity contribution < 1.29 is 26.5 Å². The van der Waals surface area contributed by atoms with Crippen molar-refractivity contribution in [3.05, 3.63) is 93.3 Å². The fourth-order valence-electron chi connectivity index (χ4n) is 3.40. The monoisotopic (exact) mass is 495 g/mol. The molecule has 2 aromatic heterocycles. The lowest BCUT2D eigenvalue weighted by Gasteiger charge is -2.09. The summed E-state index contributed by atoms with van der Waals surface area (Å²) in [4.78, 5) is 15.1. The molecular weight excluding hydrogens is 483 g/mol. The van der Waals surface area contributed by atoms with Gasteiger partial charge in [0.05, 0.1) is 21.0 Å². The summed E-state index contributed by atoms with van der Waals surface area (Å²) in [5, 5.41) is 11.8. The smallest absolute Gasteiger partial charge is 0.358 e. The second-order valence-corrected chi connectivity index (χ2v) is 9.48. The third-order valence-electron chi connectivity index (χ3n) is 4.83. The first-order chi connectivity index (χ1) is 15.5. The van der Waals surface area contributed by atoms with Gasteiger partial charge in [0.15, 0.2) is 15.5 Å². The molecule has 2 aromatic carbocycles. The van der Waals surface area contributed by atoms with Crippen molar-refractivity contribution in [2.24, 2.45) is 0 Å². The third-order valence-corrected chi connectivity index (χ3v) is 6.68. The zero-order valence-electron chi connectivity index (χ0n) is 16.5. The Kier molecular flexibility index (Phi) is 5.62. The fourth-order valence-corrected chi connectivity index (χ4v) is 4.90. The number of nitro groups is 1. The van der Waals surface area contributed by atoms with Crippen LogP contribution in [0.25, 0.3) is 16.8 Å². The number of rotatable bonds is 5. The number of fused-ring (bicyclic) bond motifs is 1. The first kappa shape index (κ1) is 22.7. The minimum atomic E-state index is -4.61. The highest BCUT2D eigenvalue weighted by molar-refractivity contribution is 7.90. The molecule has 33 heavy (non-hydrogen) atoms. The standard InChI is InChI=1S/C21H13ClF3N3O4S/c22-15-10-17(13-5-4-6-14(9-13)21(23,24)25)19-26-18(20(28(29)30)27(19)11-15)12-33(31,32)16-7-2-1-3-8-16/h1-11H,12H2. The highest BCUT2D eigenvalue weighted by Gasteiger charge is 2.32. The SMILES string of the molecule is O=[N+]([O-])c1c(CS(=O)(=O)c2ccccc2)nc2c(-c3cccc(C(F)(F)F)c3)cc(Cl)cn12. The highest BCUT2D eigenvalue weighted by atomic mass is 35.5. The van der Waals surface area contributed by atoms with E-state index in [1.165, 1.54) is 42.5 Å². The van der Waals surface area contributed by atoms with E-state index in [2.05, 4.69) is 4.98 Å². The molecule has 0 saturated heterocycles. The van der Waals surface area contributed by atoms with Crippen LogP contribution in [-0.2, 0) is 21.8 Å². The van der Waals surface area contributed by atoms with Crippen LogP contribution in [0.3, 0.4) is 0 Å². The fraction of sp³-hybridized carbons (Fsp3) is 0.0952. The molecule has 0 unspecified atom stereocenters. The Balaban J connectivity index is 1.93. The van der Waals surface area contributed by atoms with Gasteiger partial charge < -0.3 is 10.1 Å². The van der Waals surface area contributed by atoms with Crippen molar-refractivity contribution in [3.8, 4) is 11.1 Å². The van der Waals surface area contributed by atoms with Crippen molar-refractivity contribution in [3.63, 3.8) is 0 Å². The number of hydrogen-bond donors (Lipinski definition) is 0. The minimum Gasteiger partial charge on any atom is -0.358 e. The van der Waals surface area contributed by atoms with Gasteiger partial charge in [-0.05, 0) is 40.8 Å². The Morgan fingerprint density at radius 1 is 1.06 bits per heavy atom. The van der Waals surface area contributed by atoms with Gasteiger partial charge in [0, 0.05) is 0 Å². The predicted molar refractivity (Wildman–Crippen MR) is 115 cm³/mol. The zero-order valence-corrected chi connectivity index (χ0v) is 18.0. The predicted octanol–water partition coefficient (Wildman–Crippen LogP) is 5.56. The summed E-state index contributed by atoms with van der Waals surface area (Å²) in [6.07, 6.45) is -3.45. The summed E-state index contributed by atoms with van der Waals surface area (Å²) in [6, 6.07) is 13.0. The summed E-state index contributed by atoms with van der Waals surface area (Å²) >= 11 is 6.11. The number of nitrogens with zero attached hydrogens (tertiary/aromatic N) is 3. The lowest BCUT2D eigenvalue weighted by Crippen LogP contribution is -2.07. The van der Waals surface area contributed by atoms with E-state index in [1.54, 1.807) is 6.07 Å². The van der Waals surface area contributed by atoms with E-state index in [4.69, 9.17) is 11.6 Å². The van der Waals surface area contributed by atoms with Crippen LogP contribution in [0.5, 0.6) is 0 Å². The van der Waals surface area contributed by atoms with Gasteiger partial charge in [-0.15, -0.1) is 0 Å². The van der Waals surface area contributed by atoms with E-state index in [1.807, 2.05) is 0 Å². The van der Waals surface area contributed by atoms with E-state index in [0.717, 1.165) is 22.7 Å². The number of pyridine rings is 1. The van der Waals surface area contributed by atoms with E-state index in [9.17, 15) is 31.7 Å². The number of benzene rings is 2. The van der Waals surface area contributed by atoms with Gasteiger partial charge in [0.2, 0.25) is 5.65 Å². The molecule has 0 radical (unpaired) electrons. The summed E-state index contributed by atoms with van der Waals surface area (Å²) in [5.74, 6) is -1.42. The highest BCUT2D eigenvalue weighted by Crippen LogP contribution is 2.36. The van der Waals surface area contributed by atoms with Gasteiger partial charge >= 0.3 is 12.0 Å². The van der Waals surface area contributed by atoms with Crippen molar-refractivity contribution in [2.75, 3.05) is 0 Å². The molecule has 7 nitrogen and oxygen atoms in total. The molecule has 0 bridgehead atoms. The Hall–Kier alpha value is -3.44. The molecule has 0 amide bonds. The molecule has 0 fully saturated rings. The summed E-state index contributed by atoms with van der Waals surface area (Å²) < 4.78 is 66.2. The molecular formula is C21H13ClF3N3O4S. The van der Waals surface area contributed by atoms with Crippen LogP contribution in [0.2, 0.25) is 5.02 Å². The van der Waals surface area contributed by atoms with Crippen LogP contribution in [0.1, 0.15) is 11.3 Å². The average molecular weight is 496 g/mol. The van der Waals surface area contributed by atoms with Gasteiger partial charge in [0.25, 0.3) is 0 Å². The lowest BCUT2D eigenvalue weighted by atomic mass is 10.0. The summed E-state index contributed by atoms with van der Waals surface area (Å²) in [6.45, 7) is 0. The van der Waals surface area contributed by atoms with Crippen LogP contribution in [0, 0.1) is 10.1 Å². The Labute approximate surface area is 190 Å². The lowest BCUT2D eigenvalue weighted by molar-refractivity contribution is -0.391. The maximum Gasteiger partial charge on any atom is 0.416 e. The van der Waals surface area contributed by atoms with Crippen molar-refractivity contribution >= 4 is 32.9 Å². The molecule has 0 saturated carbocycles. The number of aromatic nitrogens is 2. The Morgan fingerprint density at radius 2 is 1.76 bits per heavy atom. The largest absolute Gasteiger partial charge is 0.416 e.